The highest BCUT2D eigenvalue weighted by Gasteiger charge is 2.39. The summed E-state index contributed by atoms with van der Waals surface area (Å²) in [5, 5.41) is 4.30. The van der Waals surface area contributed by atoms with Gasteiger partial charge in [-0.15, -0.1) is 0 Å². The number of rotatable bonds is 3. The van der Waals surface area contributed by atoms with Crippen molar-refractivity contribution >= 4 is 5.78 Å². The van der Waals surface area contributed by atoms with Crippen LogP contribution in [0.2, 0.25) is 0 Å². The minimum Gasteiger partial charge on any atom is -0.300 e. The molecule has 0 N–H and O–H groups in total. The summed E-state index contributed by atoms with van der Waals surface area (Å²) >= 11 is 0. The molecule has 2 unspecified atom stereocenters. The van der Waals surface area contributed by atoms with E-state index in [0.717, 1.165) is 18.4 Å². The second-order valence-corrected chi connectivity index (χ2v) is 6.74. The Hall–Kier alpha value is -1.16. The predicted molar refractivity (Wildman–Crippen MR) is 78.9 cm³/mol. The number of hydrogen-bond acceptors (Lipinski definition) is 3. The van der Waals surface area contributed by atoms with Gasteiger partial charge in [0.1, 0.15) is 0 Å². The molecule has 0 aliphatic carbocycles. The highest BCUT2D eigenvalue weighted by molar-refractivity contribution is 5.97. The monoisotopic (exact) mass is 275 g/mol. The van der Waals surface area contributed by atoms with E-state index in [0.29, 0.717) is 23.9 Å². The van der Waals surface area contributed by atoms with Gasteiger partial charge in [0.05, 0.1) is 11.8 Å². The van der Waals surface area contributed by atoms with Gasteiger partial charge in [-0.05, 0) is 46.6 Å². The number of hydrogen-bond donors (Lipinski definition) is 0. The molecule has 1 aromatic rings. The topological polar surface area (TPSA) is 38.1 Å². The van der Waals surface area contributed by atoms with Crippen molar-refractivity contribution in [1.82, 2.24) is 14.7 Å². The van der Waals surface area contributed by atoms with E-state index in [1.807, 2.05) is 10.9 Å². The summed E-state index contributed by atoms with van der Waals surface area (Å²) < 4.78 is 1.88. The molecule has 0 amide bonds. The maximum Gasteiger partial charge on any atom is 0.169 e. The van der Waals surface area contributed by atoms with E-state index in [4.69, 9.17) is 0 Å². The highest BCUT2D eigenvalue weighted by Crippen LogP contribution is 2.37. The second-order valence-electron chi connectivity index (χ2n) is 6.74. The fraction of sp³-hybridized carbons (Fsp3) is 0.750. The van der Waals surface area contributed by atoms with Crippen LogP contribution in [0.3, 0.4) is 0 Å². The average molecular weight is 275 g/mol. The van der Waals surface area contributed by atoms with E-state index in [1.54, 1.807) is 6.20 Å². The van der Waals surface area contributed by atoms with E-state index < -0.39 is 0 Å². The number of aromatic nitrogens is 2. The van der Waals surface area contributed by atoms with Crippen LogP contribution in [0.4, 0.5) is 0 Å². The molecule has 2 fully saturated rings. The van der Waals surface area contributed by atoms with E-state index >= 15 is 0 Å². The third kappa shape index (κ3) is 2.41. The number of ketones is 1. The standard InChI is InChI=1S/C16H25N3O/c1-11(2)19-10-13(9-17-19)16(20)12-7-14-5-4-6-15(8-12)18(14)3/h9-12,14-15H,4-8H2,1-3H3. The first kappa shape index (κ1) is 13.8. The Labute approximate surface area is 121 Å². The zero-order valence-electron chi connectivity index (χ0n) is 12.7. The summed E-state index contributed by atoms with van der Waals surface area (Å²) in [5.41, 5.74) is 0.798. The number of Topliss-reactive ketones (excluding diaryl/α,β-unsaturated/α-hetero) is 1. The molecule has 110 valence electrons. The number of fused-ring (bicyclic) bond motifs is 2. The van der Waals surface area contributed by atoms with Gasteiger partial charge in [0.2, 0.25) is 0 Å². The molecule has 0 aromatic carbocycles. The largest absolute Gasteiger partial charge is 0.300 e. The molecule has 2 aliphatic heterocycles. The van der Waals surface area contributed by atoms with Crippen LogP contribution in [0.15, 0.2) is 12.4 Å². The van der Waals surface area contributed by atoms with Crippen LogP contribution in [0.5, 0.6) is 0 Å². The highest BCUT2D eigenvalue weighted by atomic mass is 16.1. The number of piperidine rings is 2. The molecular weight excluding hydrogens is 250 g/mol. The number of nitrogens with zero attached hydrogens (tertiary/aromatic N) is 3. The van der Waals surface area contributed by atoms with Gasteiger partial charge in [0.25, 0.3) is 0 Å². The van der Waals surface area contributed by atoms with Crippen molar-refractivity contribution in [1.29, 1.82) is 0 Å². The lowest BCUT2D eigenvalue weighted by Gasteiger charge is -2.46. The van der Waals surface area contributed by atoms with Crippen molar-refractivity contribution in [3.05, 3.63) is 18.0 Å². The summed E-state index contributed by atoms with van der Waals surface area (Å²) in [6, 6.07) is 1.53. The Bertz CT molecular complexity index is 480. The van der Waals surface area contributed by atoms with Crippen LogP contribution in [0.1, 0.15) is 62.4 Å². The first-order valence-corrected chi connectivity index (χ1v) is 7.86. The van der Waals surface area contributed by atoms with Crippen LogP contribution in [-0.4, -0.2) is 39.6 Å². The fourth-order valence-electron chi connectivity index (χ4n) is 3.81. The Balaban J connectivity index is 1.74. The molecular formula is C16H25N3O. The smallest absolute Gasteiger partial charge is 0.169 e. The lowest BCUT2D eigenvalue weighted by molar-refractivity contribution is 0.0338. The van der Waals surface area contributed by atoms with Crippen molar-refractivity contribution in [2.45, 2.75) is 64.1 Å². The van der Waals surface area contributed by atoms with Gasteiger partial charge in [-0.2, -0.15) is 5.10 Å². The Morgan fingerprint density at radius 3 is 2.50 bits per heavy atom. The Kier molecular flexibility index (Phi) is 3.67. The van der Waals surface area contributed by atoms with Gasteiger partial charge in [0.15, 0.2) is 5.78 Å². The van der Waals surface area contributed by atoms with Crippen molar-refractivity contribution < 1.29 is 4.79 Å². The van der Waals surface area contributed by atoms with Crippen molar-refractivity contribution in [2.75, 3.05) is 7.05 Å². The van der Waals surface area contributed by atoms with E-state index in [2.05, 4.69) is 30.9 Å². The van der Waals surface area contributed by atoms with E-state index in [9.17, 15) is 4.79 Å². The molecule has 4 heteroatoms. The van der Waals surface area contributed by atoms with Crippen LogP contribution < -0.4 is 0 Å². The normalized spacial score (nSPS) is 30.7. The first-order valence-electron chi connectivity index (χ1n) is 7.86. The van der Waals surface area contributed by atoms with Gasteiger partial charge >= 0.3 is 0 Å². The zero-order valence-corrected chi connectivity index (χ0v) is 12.7. The zero-order chi connectivity index (χ0) is 14.3. The van der Waals surface area contributed by atoms with Gasteiger partial charge in [-0.1, -0.05) is 6.42 Å². The van der Waals surface area contributed by atoms with Gasteiger partial charge in [0, 0.05) is 30.2 Å². The van der Waals surface area contributed by atoms with E-state index in [1.165, 1.54) is 19.3 Å². The molecule has 2 saturated heterocycles. The minimum absolute atomic E-state index is 0.200. The second kappa shape index (κ2) is 5.32. The van der Waals surface area contributed by atoms with Crippen LogP contribution >= 0.6 is 0 Å². The minimum atomic E-state index is 0.200. The molecule has 2 atom stereocenters. The van der Waals surface area contributed by atoms with E-state index in [-0.39, 0.29) is 5.92 Å². The van der Waals surface area contributed by atoms with Crippen LogP contribution in [0.25, 0.3) is 0 Å². The lowest BCUT2D eigenvalue weighted by atomic mass is 9.76. The summed E-state index contributed by atoms with van der Waals surface area (Å²) in [6.45, 7) is 4.17. The molecule has 2 aliphatic rings. The molecule has 0 radical (unpaired) electrons. The molecule has 2 bridgehead atoms. The van der Waals surface area contributed by atoms with Crippen LogP contribution in [-0.2, 0) is 0 Å². The number of carbonyl (C=O) groups is 1. The summed E-state index contributed by atoms with van der Waals surface area (Å²) in [6.07, 6.45) is 9.55. The summed E-state index contributed by atoms with van der Waals surface area (Å²) in [7, 11) is 2.23. The molecule has 4 nitrogen and oxygen atoms in total. The molecule has 3 heterocycles. The third-order valence-corrected chi connectivity index (χ3v) is 5.13. The van der Waals surface area contributed by atoms with Gasteiger partial charge < -0.3 is 4.90 Å². The Morgan fingerprint density at radius 2 is 1.95 bits per heavy atom. The maximum absolute atomic E-state index is 12.7. The average Bonchev–Trinajstić information content (AvgIpc) is 2.87. The van der Waals surface area contributed by atoms with Gasteiger partial charge in [-0.3, -0.25) is 9.48 Å². The molecule has 0 saturated carbocycles. The third-order valence-electron chi connectivity index (χ3n) is 5.13. The van der Waals surface area contributed by atoms with Crippen molar-refractivity contribution in [3.8, 4) is 0 Å². The summed E-state index contributed by atoms with van der Waals surface area (Å²) in [5.74, 6) is 0.508. The molecule has 1 aromatic heterocycles. The molecule has 20 heavy (non-hydrogen) atoms. The van der Waals surface area contributed by atoms with Crippen molar-refractivity contribution in [2.24, 2.45) is 5.92 Å². The van der Waals surface area contributed by atoms with Gasteiger partial charge in [-0.25, -0.2) is 0 Å². The fourth-order valence-corrected chi connectivity index (χ4v) is 3.81. The quantitative estimate of drug-likeness (QED) is 0.796. The SMILES string of the molecule is CC(C)n1cc(C(=O)C2CC3CCCC(C2)N3C)cn1. The molecule has 0 spiro atoms. The van der Waals surface area contributed by atoms with Crippen molar-refractivity contribution in [3.63, 3.8) is 0 Å². The predicted octanol–water partition coefficient (Wildman–Crippen LogP) is 2.91. The first-order chi connectivity index (χ1) is 9.56. The summed E-state index contributed by atoms with van der Waals surface area (Å²) in [4.78, 5) is 15.2. The maximum atomic E-state index is 12.7. The molecule has 3 rings (SSSR count). The van der Waals surface area contributed by atoms with Crippen LogP contribution in [0, 0.1) is 5.92 Å². The lowest BCUT2D eigenvalue weighted by Crippen LogP contribution is -2.51. The number of carbonyl (C=O) groups excluding carboxylic acids is 1. The Morgan fingerprint density at radius 1 is 1.30 bits per heavy atom.